The van der Waals surface area contributed by atoms with E-state index in [-0.39, 0.29) is 17.5 Å². The van der Waals surface area contributed by atoms with Crippen LogP contribution in [0.4, 0.5) is 0 Å². The summed E-state index contributed by atoms with van der Waals surface area (Å²) in [5.74, 6) is 0.791. The van der Waals surface area contributed by atoms with E-state index in [0.717, 1.165) is 0 Å². The maximum Gasteiger partial charge on any atom is 0.241 e. The van der Waals surface area contributed by atoms with Crippen molar-refractivity contribution in [1.82, 2.24) is 4.72 Å². The molecule has 0 bridgehead atoms. The van der Waals surface area contributed by atoms with Crippen LogP contribution in [0.3, 0.4) is 0 Å². The van der Waals surface area contributed by atoms with E-state index >= 15 is 0 Å². The second-order valence-electron chi connectivity index (χ2n) is 4.04. The Hall–Kier alpha value is -0.830. The van der Waals surface area contributed by atoms with Gasteiger partial charge in [-0.25, -0.2) is 13.1 Å². The third-order valence-corrected chi connectivity index (χ3v) is 5.07. The van der Waals surface area contributed by atoms with Crippen molar-refractivity contribution in [1.29, 1.82) is 0 Å². The van der Waals surface area contributed by atoms with Gasteiger partial charge in [0.05, 0.1) is 20.3 Å². The highest BCUT2D eigenvalue weighted by atomic mass is 79.9. The van der Waals surface area contributed by atoms with Gasteiger partial charge in [-0.3, -0.25) is 0 Å². The van der Waals surface area contributed by atoms with E-state index < -0.39 is 10.0 Å². The molecule has 1 rings (SSSR count). The third-order valence-electron chi connectivity index (χ3n) is 2.69. The summed E-state index contributed by atoms with van der Waals surface area (Å²) in [5.41, 5.74) is 0. The Morgan fingerprint density at radius 3 is 2.25 bits per heavy atom. The SMILES string of the molecule is COc1cc(Br)c(S(=O)(=O)NCC(C)OC)cc1OC. The van der Waals surface area contributed by atoms with Crippen molar-refractivity contribution in [3.05, 3.63) is 16.6 Å². The first kappa shape index (κ1) is 17.2. The molecule has 0 saturated carbocycles. The quantitative estimate of drug-likeness (QED) is 0.794. The minimum absolute atomic E-state index is 0.0819. The number of sulfonamides is 1. The van der Waals surface area contributed by atoms with Crippen LogP contribution in [0.25, 0.3) is 0 Å². The van der Waals surface area contributed by atoms with Crippen LogP contribution in [0.15, 0.2) is 21.5 Å². The molecule has 0 aromatic heterocycles. The van der Waals surface area contributed by atoms with Gasteiger partial charge in [0, 0.05) is 24.2 Å². The van der Waals surface area contributed by atoms with E-state index in [2.05, 4.69) is 20.7 Å². The molecule has 8 heteroatoms. The van der Waals surface area contributed by atoms with Crippen LogP contribution in [-0.4, -0.2) is 42.4 Å². The standard InChI is InChI=1S/C12H18BrNO5S/c1-8(17-2)7-14-20(15,16)12-6-11(19-4)10(18-3)5-9(12)13/h5-6,8,14H,7H2,1-4H3. The van der Waals surface area contributed by atoms with Crippen LogP contribution in [0, 0.1) is 0 Å². The van der Waals surface area contributed by atoms with Crippen LogP contribution in [0.1, 0.15) is 6.92 Å². The Bertz CT molecular complexity index is 561. The van der Waals surface area contributed by atoms with Crippen LogP contribution >= 0.6 is 15.9 Å². The largest absolute Gasteiger partial charge is 0.493 e. The molecule has 1 atom stereocenters. The van der Waals surface area contributed by atoms with Gasteiger partial charge in [0.2, 0.25) is 10.0 Å². The van der Waals surface area contributed by atoms with Gasteiger partial charge in [-0.15, -0.1) is 0 Å². The number of hydrogen-bond acceptors (Lipinski definition) is 5. The summed E-state index contributed by atoms with van der Waals surface area (Å²) in [6, 6.07) is 2.95. The molecule has 0 aliphatic heterocycles. The fourth-order valence-corrected chi connectivity index (χ4v) is 3.58. The van der Waals surface area contributed by atoms with Gasteiger partial charge >= 0.3 is 0 Å². The van der Waals surface area contributed by atoms with Gasteiger partial charge in [-0.1, -0.05) is 0 Å². The summed E-state index contributed by atoms with van der Waals surface area (Å²) in [7, 11) is 0.783. The molecular formula is C12H18BrNO5S. The topological polar surface area (TPSA) is 73.9 Å². The molecule has 1 unspecified atom stereocenters. The van der Waals surface area contributed by atoms with Crippen molar-refractivity contribution >= 4 is 26.0 Å². The minimum Gasteiger partial charge on any atom is -0.493 e. The van der Waals surface area contributed by atoms with Crippen molar-refractivity contribution in [3.63, 3.8) is 0 Å². The normalized spacial score (nSPS) is 13.1. The summed E-state index contributed by atoms with van der Waals surface area (Å²) in [5, 5.41) is 0. The zero-order valence-electron chi connectivity index (χ0n) is 11.8. The number of hydrogen-bond donors (Lipinski definition) is 1. The molecule has 0 fully saturated rings. The summed E-state index contributed by atoms with van der Waals surface area (Å²) >= 11 is 3.23. The first-order chi connectivity index (χ1) is 9.35. The highest BCUT2D eigenvalue weighted by Gasteiger charge is 2.21. The lowest BCUT2D eigenvalue weighted by atomic mass is 10.3. The molecule has 0 radical (unpaired) electrons. The highest BCUT2D eigenvalue weighted by molar-refractivity contribution is 9.10. The molecule has 20 heavy (non-hydrogen) atoms. The lowest BCUT2D eigenvalue weighted by molar-refractivity contribution is 0.122. The summed E-state index contributed by atoms with van der Waals surface area (Å²) in [4.78, 5) is 0.0819. The van der Waals surface area contributed by atoms with Crippen molar-refractivity contribution in [3.8, 4) is 11.5 Å². The average molecular weight is 368 g/mol. The molecule has 6 nitrogen and oxygen atoms in total. The van der Waals surface area contributed by atoms with Gasteiger partial charge < -0.3 is 14.2 Å². The van der Waals surface area contributed by atoms with Crippen molar-refractivity contribution in [2.75, 3.05) is 27.9 Å². The van der Waals surface area contributed by atoms with Gasteiger partial charge in [-0.2, -0.15) is 0 Å². The summed E-state index contributed by atoms with van der Waals surface area (Å²) < 4.78 is 42.6. The molecule has 0 spiro atoms. The number of nitrogens with one attached hydrogen (secondary N) is 1. The zero-order valence-corrected chi connectivity index (χ0v) is 14.2. The lowest BCUT2D eigenvalue weighted by Gasteiger charge is -2.14. The predicted molar refractivity (Wildman–Crippen MR) is 78.9 cm³/mol. The predicted octanol–water partition coefficient (Wildman–Crippen LogP) is 1.78. The van der Waals surface area contributed by atoms with E-state index in [1.165, 1.54) is 27.4 Å². The molecule has 0 aliphatic carbocycles. The first-order valence-electron chi connectivity index (χ1n) is 5.79. The number of methoxy groups -OCH3 is 3. The zero-order chi connectivity index (χ0) is 15.3. The monoisotopic (exact) mass is 367 g/mol. The summed E-state index contributed by atoms with van der Waals surface area (Å²) in [6.45, 7) is 1.95. The molecular weight excluding hydrogens is 350 g/mol. The molecule has 1 N–H and O–H groups in total. The van der Waals surface area contributed by atoms with Crippen molar-refractivity contribution in [2.24, 2.45) is 0 Å². The Morgan fingerprint density at radius 1 is 1.20 bits per heavy atom. The summed E-state index contributed by atoms with van der Waals surface area (Å²) in [6.07, 6.45) is -0.219. The Balaban J connectivity index is 3.12. The average Bonchev–Trinajstić information content (AvgIpc) is 2.44. The van der Waals surface area contributed by atoms with Gasteiger partial charge in [0.1, 0.15) is 4.90 Å². The fourth-order valence-electron chi connectivity index (χ4n) is 1.43. The minimum atomic E-state index is -3.67. The van der Waals surface area contributed by atoms with Crippen molar-refractivity contribution in [2.45, 2.75) is 17.9 Å². The van der Waals surface area contributed by atoms with Gasteiger partial charge in [0.25, 0.3) is 0 Å². The maximum absolute atomic E-state index is 12.2. The Labute approximate surface area is 127 Å². The second kappa shape index (κ2) is 7.26. The maximum atomic E-state index is 12.2. The Kier molecular flexibility index (Phi) is 6.25. The highest BCUT2D eigenvalue weighted by Crippen LogP contribution is 2.35. The van der Waals surface area contributed by atoms with Crippen LogP contribution < -0.4 is 14.2 Å². The molecule has 1 aromatic carbocycles. The molecule has 1 aromatic rings. The van der Waals surface area contributed by atoms with Gasteiger partial charge in [0.15, 0.2) is 11.5 Å². The number of rotatable bonds is 7. The third kappa shape index (κ3) is 4.08. The number of halogens is 1. The van der Waals surface area contributed by atoms with E-state index in [1.54, 1.807) is 13.0 Å². The first-order valence-corrected chi connectivity index (χ1v) is 8.07. The molecule has 0 heterocycles. The second-order valence-corrected chi connectivity index (χ2v) is 6.63. The van der Waals surface area contributed by atoms with E-state index in [1.807, 2.05) is 0 Å². The van der Waals surface area contributed by atoms with Crippen LogP contribution in [0.5, 0.6) is 11.5 Å². The Morgan fingerprint density at radius 2 is 1.75 bits per heavy atom. The van der Waals surface area contributed by atoms with E-state index in [9.17, 15) is 8.42 Å². The molecule has 0 saturated heterocycles. The fraction of sp³-hybridized carbons (Fsp3) is 0.500. The van der Waals surface area contributed by atoms with Gasteiger partial charge in [-0.05, 0) is 28.9 Å². The molecule has 0 aliphatic rings. The van der Waals surface area contributed by atoms with Crippen LogP contribution in [0.2, 0.25) is 0 Å². The lowest BCUT2D eigenvalue weighted by Crippen LogP contribution is -2.31. The molecule has 114 valence electrons. The van der Waals surface area contributed by atoms with Crippen LogP contribution in [-0.2, 0) is 14.8 Å². The smallest absolute Gasteiger partial charge is 0.241 e. The van der Waals surface area contributed by atoms with E-state index in [4.69, 9.17) is 14.2 Å². The molecule has 0 amide bonds. The number of ether oxygens (including phenoxy) is 3. The number of benzene rings is 1. The van der Waals surface area contributed by atoms with Crippen molar-refractivity contribution < 1.29 is 22.6 Å². The van der Waals surface area contributed by atoms with E-state index in [0.29, 0.717) is 16.0 Å².